The smallest absolute Gasteiger partial charge is 0.222 e. The summed E-state index contributed by atoms with van der Waals surface area (Å²) < 4.78 is 0. The van der Waals surface area contributed by atoms with Crippen molar-refractivity contribution in [1.82, 2.24) is 10.2 Å². The monoisotopic (exact) mass is 336 g/mol. The van der Waals surface area contributed by atoms with E-state index in [0.717, 1.165) is 32.4 Å². The first-order chi connectivity index (χ1) is 11.0. The van der Waals surface area contributed by atoms with Crippen LogP contribution in [0.3, 0.4) is 0 Å². The number of amides is 2. The maximum atomic E-state index is 12.4. The summed E-state index contributed by atoms with van der Waals surface area (Å²) in [7, 11) is 0. The number of carbonyl (C=O) groups is 2. The van der Waals surface area contributed by atoms with Crippen LogP contribution in [0.25, 0.3) is 0 Å². The van der Waals surface area contributed by atoms with E-state index in [1.807, 2.05) is 18.7 Å². The molecule has 1 unspecified atom stereocenters. The van der Waals surface area contributed by atoms with Gasteiger partial charge in [-0.15, -0.1) is 11.3 Å². The van der Waals surface area contributed by atoms with Crippen LogP contribution in [0.1, 0.15) is 42.9 Å². The van der Waals surface area contributed by atoms with Crippen LogP contribution in [0.4, 0.5) is 0 Å². The minimum absolute atomic E-state index is 0.0191. The van der Waals surface area contributed by atoms with Gasteiger partial charge in [-0.1, -0.05) is 13.8 Å². The third-order valence-corrected chi connectivity index (χ3v) is 5.40. The van der Waals surface area contributed by atoms with Gasteiger partial charge < -0.3 is 10.2 Å². The summed E-state index contributed by atoms with van der Waals surface area (Å²) in [5.74, 6) is 0.752. The zero-order valence-corrected chi connectivity index (χ0v) is 15.2. The molecular formula is C18H28N2O2S. The standard InChI is InChI=1S/C18H28N2O2S/c1-13(2)18(22)19-11-15-5-4-10-20(12-15)17(21)9-8-16-7-6-14(3)23-16/h6-7,13,15H,4-5,8-12H2,1-3H3,(H,19,22). The molecule has 128 valence electrons. The number of thiophene rings is 1. The van der Waals surface area contributed by atoms with Crippen molar-refractivity contribution in [3.8, 4) is 0 Å². The molecule has 5 heteroatoms. The number of hydrogen-bond donors (Lipinski definition) is 1. The van der Waals surface area contributed by atoms with Crippen molar-refractivity contribution in [2.75, 3.05) is 19.6 Å². The Morgan fingerprint density at radius 3 is 2.83 bits per heavy atom. The summed E-state index contributed by atoms with van der Waals surface area (Å²) in [6.07, 6.45) is 3.55. The molecule has 1 fully saturated rings. The van der Waals surface area contributed by atoms with Crippen molar-refractivity contribution in [1.29, 1.82) is 0 Å². The van der Waals surface area contributed by atoms with E-state index in [9.17, 15) is 9.59 Å². The van der Waals surface area contributed by atoms with Gasteiger partial charge >= 0.3 is 0 Å². The predicted octanol–water partition coefficient (Wildman–Crippen LogP) is 3.00. The van der Waals surface area contributed by atoms with Gasteiger partial charge in [-0.2, -0.15) is 0 Å². The highest BCUT2D eigenvalue weighted by atomic mass is 32.1. The lowest BCUT2D eigenvalue weighted by molar-refractivity contribution is -0.132. The lowest BCUT2D eigenvalue weighted by Crippen LogP contribution is -2.44. The zero-order chi connectivity index (χ0) is 16.8. The van der Waals surface area contributed by atoms with E-state index in [-0.39, 0.29) is 17.7 Å². The second kappa shape index (κ2) is 8.48. The molecule has 1 atom stereocenters. The van der Waals surface area contributed by atoms with Crippen LogP contribution in [0, 0.1) is 18.8 Å². The zero-order valence-electron chi connectivity index (χ0n) is 14.4. The third kappa shape index (κ3) is 5.65. The van der Waals surface area contributed by atoms with E-state index in [1.54, 1.807) is 11.3 Å². The van der Waals surface area contributed by atoms with Crippen LogP contribution in [0.5, 0.6) is 0 Å². The minimum atomic E-state index is 0.0191. The molecule has 1 saturated heterocycles. The van der Waals surface area contributed by atoms with Gasteiger partial charge in [0, 0.05) is 41.7 Å². The Balaban J connectivity index is 1.76. The number of nitrogens with zero attached hydrogens (tertiary/aromatic N) is 1. The van der Waals surface area contributed by atoms with Crippen LogP contribution in [-0.4, -0.2) is 36.3 Å². The Morgan fingerprint density at radius 2 is 2.17 bits per heavy atom. The number of piperidine rings is 1. The number of rotatable bonds is 6. The average molecular weight is 337 g/mol. The largest absolute Gasteiger partial charge is 0.356 e. The normalized spacial score (nSPS) is 18.3. The summed E-state index contributed by atoms with van der Waals surface area (Å²) in [6.45, 7) is 8.22. The summed E-state index contributed by atoms with van der Waals surface area (Å²) >= 11 is 1.77. The Morgan fingerprint density at radius 1 is 1.39 bits per heavy atom. The van der Waals surface area contributed by atoms with E-state index in [4.69, 9.17) is 0 Å². The van der Waals surface area contributed by atoms with Crippen molar-refractivity contribution in [2.24, 2.45) is 11.8 Å². The Hall–Kier alpha value is -1.36. The summed E-state index contributed by atoms with van der Waals surface area (Å²) in [4.78, 5) is 28.7. The Kier molecular flexibility index (Phi) is 6.63. The van der Waals surface area contributed by atoms with Gasteiger partial charge in [-0.3, -0.25) is 9.59 Å². The molecule has 1 aliphatic heterocycles. The van der Waals surface area contributed by atoms with Gasteiger partial charge in [0.25, 0.3) is 0 Å². The van der Waals surface area contributed by atoms with Crippen LogP contribution in [0.2, 0.25) is 0 Å². The van der Waals surface area contributed by atoms with Gasteiger partial charge in [0.1, 0.15) is 0 Å². The number of nitrogens with one attached hydrogen (secondary N) is 1. The molecule has 1 aromatic heterocycles. The predicted molar refractivity (Wildman–Crippen MR) is 94.5 cm³/mol. The molecular weight excluding hydrogens is 308 g/mol. The van der Waals surface area contributed by atoms with Gasteiger partial charge in [0.2, 0.25) is 11.8 Å². The van der Waals surface area contributed by atoms with Crippen LogP contribution in [0.15, 0.2) is 12.1 Å². The fraction of sp³-hybridized carbons (Fsp3) is 0.667. The van der Waals surface area contributed by atoms with E-state index >= 15 is 0 Å². The number of aryl methyl sites for hydroxylation is 2. The maximum absolute atomic E-state index is 12.4. The fourth-order valence-corrected chi connectivity index (χ4v) is 3.80. The molecule has 0 aliphatic carbocycles. The Bertz CT molecular complexity index is 539. The first-order valence-corrected chi connectivity index (χ1v) is 9.38. The lowest BCUT2D eigenvalue weighted by Gasteiger charge is -2.33. The fourth-order valence-electron chi connectivity index (χ4n) is 2.91. The molecule has 0 bridgehead atoms. The number of likely N-dealkylation sites (tertiary alicyclic amines) is 1. The number of carbonyl (C=O) groups excluding carboxylic acids is 2. The molecule has 1 N–H and O–H groups in total. The van der Waals surface area contributed by atoms with Crippen molar-refractivity contribution < 1.29 is 9.59 Å². The quantitative estimate of drug-likeness (QED) is 0.868. The number of hydrogen-bond acceptors (Lipinski definition) is 3. The van der Waals surface area contributed by atoms with Crippen molar-refractivity contribution >= 4 is 23.2 Å². The lowest BCUT2D eigenvalue weighted by atomic mass is 9.97. The van der Waals surface area contributed by atoms with Gasteiger partial charge in [0.05, 0.1) is 0 Å². The first kappa shape index (κ1) is 18.0. The summed E-state index contributed by atoms with van der Waals surface area (Å²) in [6, 6.07) is 4.23. The van der Waals surface area contributed by atoms with Crippen LogP contribution >= 0.6 is 11.3 Å². The van der Waals surface area contributed by atoms with Crippen molar-refractivity contribution in [3.05, 3.63) is 21.9 Å². The van der Waals surface area contributed by atoms with Crippen molar-refractivity contribution in [2.45, 2.75) is 46.5 Å². The maximum Gasteiger partial charge on any atom is 0.222 e. The molecule has 4 nitrogen and oxygen atoms in total. The third-order valence-electron chi connectivity index (χ3n) is 4.34. The molecule has 1 aromatic rings. The second-order valence-corrected chi connectivity index (χ2v) is 8.13. The first-order valence-electron chi connectivity index (χ1n) is 8.56. The van der Waals surface area contributed by atoms with Crippen molar-refractivity contribution in [3.63, 3.8) is 0 Å². The van der Waals surface area contributed by atoms with E-state index < -0.39 is 0 Å². The highest BCUT2D eigenvalue weighted by Crippen LogP contribution is 2.20. The topological polar surface area (TPSA) is 49.4 Å². The molecule has 2 rings (SSSR count). The van der Waals surface area contributed by atoms with Gasteiger partial charge in [-0.05, 0) is 44.2 Å². The SMILES string of the molecule is Cc1ccc(CCC(=O)N2CCCC(CNC(=O)C(C)C)C2)s1. The Labute approximate surface area is 143 Å². The highest BCUT2D eigenvalue weighted by molar-refractivity contribution is 7.11. The second-order valence-electron chi connectivity index (χ2n) is 6.76. The minimum Gasteiger partial charge on any atom is -0.356 e. The molecule has 2 amide bonds. The summed E-state index contributed by atoms with van der Waals surface area (Å²) in [5, 5.41) is 3.00. The molecule has 0 spiro atoms. The van der Waals surface area contributed by atoms with E-state index in [1.165, 1.54) is 9.75 Å². The van der Waals surface area contributed by atoms with Gasteiger partial charge in [0.15, 0.2) is 0 Å². The molecule has 23 heavy (non-hydrogen) atoms. The van der Waals surface area contributed by atoms with E-state index in [2.05, 4.69) is 24.4 Å². The van der Waals surface area contributed by atoms with E-state index in [0.29, 0.717) is 18.9 Å². The molecule has 0 aromatic carbocycles. The average Bonchev–Trinajstić information content (AvgIpc) is 2.96. The van der Waals surface area contributed by atoms with Gasteiger partial charge in [-0.25, -0.2) is 0 Å². The summed E-state index contributed by atoms with van der Waals surface area (Å²) in [5.41, 5.74) is 0. The molecule has 1 aliphatic rings. The highest BCUT2D eigenvalue weighted by Gasteiger charge is 2.24. The molecule has 0 radical (unpaired) electrons. The molecule has 2 heterocycles. The molecule has 0 saturated carbocycles. The van der Waals surface area contributed by atoms with Crippen LogP contribution < -0.4 is 5.32 Å². The van der Waals surface area contributed by atoms with Crippen LogP contribution in [-0.2, 0) is 16.0 Å².